The Hall–Kier alpha value is -2.75. The molecule has 0 radical (unpaired) electrons. The number of nitrogens with zero attached hydrogens (tertiary/aromatic N) is 4. The van der Waals surface area contributed by atoms with Crippen molar-refractivity contribution < 1.29 is 4.79 Å². The molecular weight excluding hydrogens is 416 g/mol. The van der Waals surface area contributed by atoms with Crippen LogP contribution in [0.4, 0.5) is 0 Å². The van der Waals surface area contributed by atoms with Gasteiger partial charge in [0.25, 0.3) is 0 Å². The highest BCUT2D eigenvalue weighted by Gasteiger charge is 2.31. The summed E-state index contributed by atoms with van der Waals surface area (Å²) < 4.78 is 2.15. The van der Waals surface area contributed by atoms with E-state index < -0.39 is 0 Å². The third-order valence-electron chi connectivity index (χ3n) is 6.66. The number of aromatic nitrogens is 2. The Morgan fingerprint density at radius 2 is 2.00 bits per heavy atom. The van der Waals surface area contributed by atoms with Crippen molar-refractivity contribution in [3.05, 3.63) is 68.9 Å². The van der Waals surface area contributed by atoms with Gasteiger partial charge in [-0.15, -0.1) is 11.3 Å². The summed E-state index contributed by atoms with van der Waals surface area (Å²) in [6.45, 7) is 8.93. The molecular formula is C26H30N4OS. The lowest BCUT2D eigenvalue weighted by Gasteiger charge is -2.26. The summed E-state index contributed by atoms with van der Waals surface area (Å²) in [5.41, 5.74) is 5.37. The summed E-state index contributed by atoms with van der Waals surface area (Å²) in [6.07, 6.45) is 4.07. The number of hydrogen-bond acceptors (Lipinski definition) is 5. The van der Waals surface area contributed by atoms with Crippen LogP contribution < -0.4 is 0 Å². The van der Waals surface area contributed by atoms with Crippen LogP contribution in [0.5, 0.6) is 0 Å². The molecule has 1 aliphatic rings. The van der Waals surface area contributed by atoms with Crippen molar-refractivity contribution in [1.29, 1.82) is 5.26 Å². The van der Waals surface area contributed by atoms with Crippen LogP contribution in [0.25, 0.3) is 5.69 Å². The minimum atomic E-state index is 0.179. The van der Waals surface area contributed by atoms with E-state index in [1.807, 2.05) is 44.2 Å². The van der Waals surface area contributed by atoms with Crippen LogP contribution in [0.15, 0.2) is 35.7 Å². The van der Waals surface area contributed by atoms with Gasteiger partial charge in [-0.05, 0) is 70.4 Å². The molecule has 1 saturated heterocycles. The Morgan fingerprint density at radius 1 is 1.25 bits per heavy atom. The van der Waals surface area contributed by atoms with Crippen molar-refractivity contribution in [2.45, 2.75) is 65.5 Å². The number of Topliss-reactive ketones (excluding diaryl/α,β-unsaturated/α-hetero) is 1. The van der Waals surface area contributed by atoms with E-state index in [9.17, 15) is 4.79 Å². The van der Waals surface area contributed by atoms with Gasteiger partial charge in [0.1, 0.15) is 0 Å². The Bertz CT molecular complexity index is 1150. The van der Waals surface area contributed by atoms with Crippen LogP contribution in [-0.4, -0.2) is 38.9 Å². The summed E-state index contributed by atoms with van der Waals surface area (Å²) in [5.74, 6) is 0.179. The summed E-state index contributed by atoms with van der Waals surface area (Å²) >= 11 is 1.64. The molecule has 0 aliphatic carbocycles. The predicted molar refractivity (Wildman–Crippen MR) is 129 cm³/mol. The maximum atomic E-state index is 13.5. The molecule has 2 aromatic heterocycles. The first-order chi connectivity index (χ1) is 15.4. The molecule has 0 bridgehead atoms. The van der Waals surface area contributed by atoms with E-state index >= 15 is 0 Å². The second kappa shape index (κ2) is 9.40. The molecule has 32 heavy (non-hydrogen) atoms. The van der Waals surface area contributed by atoms with Gasteiger partial charge < -0.3 is 4.57 Å². The molecule has 3 heterocycles. The second-order valence-corrected chi connectivity index (χ2v) is 9.81. The molecule has 0 amide bonds. The zero-order chi connectivity index (χ0) is 22.8. The van der Waals surface area contributed by atoms with E-state index in [0.717, 1.165) is 46.2 Å². The SMILES string of the molecule is CCC1CCC(C)N1CC(=O)c1cc(Cc2csc(C)n2)n(-c2ccc(C#N)cc2)c1C. The van der Waals surface area contributed by atoms with E-state index in [1.54, 1.807) is 11.3 Å². The number of hydrogen-bond donors (Lipinski definition) is 0. The predicted octanol–water partition coefficient (Wildman–Crippen LogP) is 5.46. The van der Waals surface area contributed by atoms with Gasteiger partial charge in [0.15, 0.2) is 5.78 Å². The van der Waals surface area contributed by atoms with Gasteiger partial charge in [0, 0.05) is 46.5 Å². The maximum absolute atomic E-state index is 13.5. The topological polar surface area (TPSA) is 61.9 Å². The van der Waals surface area contributed by atoms with Crippen LogP contribution in [-0.2, 0) is 6.42 Å². The number of aryl methyl sites for hydroxylation is 1. The van der Waals surface area contributed by atoms with Crippen molar-refractivity contribution in [1.82, 2.24) is 14.5 Å². The number of rotatable bonds is 7. The zero-order valence-corrected chi connectivity index (χ0v) is 20.1. The number of likely N-dealkylation sites (tertiary alicyclic amines) is 1. The van der Waals surface area contributed by atoms with Gasteiger partial charge in [0.05, 0.1) is 28.9 Å². The van der Waals surface area contributed by atoms with E-state index in [1.165, 1.54) is 6.42 Å². The fourth-order valence-electron chi connectivity index (χ4n) is 4.90. The lowest BCUT2D eigenvalue weighted by Crippen LogP contribution is -2.38. The quantitative estimate of drug-likeness (QED) is 0.452. The van der Waals surface area contributed by atoms with Crippen molar-refractivity contribution in [3.8, 4) is 11.8 Å². The monoisotopic (exact) mass is 446 g/mol. The number of nitriles is 1. The van der Waals surface area contributed by atoms with Gasteiger partial charge >= 0.3 is 0 Å². The van der Waals surface area contributed by atoms with Crippen LogP contribution >= 0.6 is 11.3 Å². The largest absolute Gasteiger partial charge is 0.317 e. The molecule has 0 spiro atoms. The molecule has 166 valence electrons. The van der Waals surface area contributed by atoms with Gasteiger partial charge in [-0.25, -0.2) is 4.98 Å². The van der Waals surface area contributed by atoms with Crippen LogP contribution in [0.1, 0.15) is 71.1 Å². The lowest BCUT2D eigenvalue weighted by atomic mass is 10.1. The smallest absolute Gasteiger partial charge is 0.178 e. The summed E-state index contributed by atoms with van der Waals surface area (Å²) in [6, 6.07) is 12.7. The highest BCUT2D eigenvalue weighted by atomic mass is 32.1. The van der Waals surface area contributed by atoms with Gasteiger partial charge in [-0.2, -0.15) is 5.26 Å². The second-order valence-electron chi connectivity index (χ2n) is 8.75. The first-order valence-corrected chi connectivity index (χ1v) is 12.2. The molecule has 1 aliphatic heterocycles. The van der Waals surface area contributed by atoms with E-state index in [0.29, 0.717) is 30.6 Å². The number of carbonyl (C=O) groups is 1. The van der Waals surface area contributed by atoms with Crippen LogP contribution in [0, 0.1) is 25.2 Å². The first-order valence-electron chi connectivity index (χ1n) is 11.3. The Morgan fingerprint density at radius 3 is 2.62 bits per heavy atom. The van der Waals surface area contributed by atoms with Crippen molar-refractivity contribution in [2.24, 2.45) is 0 Å². The molecule has 1 aromatic carbocycles. The van der Waals surface area contributed by atoms with Gasteiger partial charge in [0.2, 0.25) is 0 Å². The minimum absolute atomic E-state index is 0.179. The molecule has 5 nitrogen and oxygen atoms in total. The van der Waals surface area contributed by atoms with Crippen LogP contribution in [0.2, 0.25) is 0 Å². The van der Waals surface area contributed by atoms with Crippen molar-refractivity contribution in [2.75, 3.05) is 6.54 Å². The standard InChI is InChI=1S/C26H30N4OS/c1-5-22-9-6-17(2)29(22)15-26(31)25-13-24(12-21-16-32-19(4)28-21)30(18(25)3)23-10-7-20(14-27)8-11-23/h7-8,10-11,13,16-17,22H,5-6,9,12,15H2,1-4H3. The number of ketones is 1. The average molecular weight is 447 g/mol. The molecule has 0 saturated carbocycles. The number of carbonyl (C=O) groups excluding carboxylic acids is 1. The summed E-state index contributed by atoms with van der Waals surface area (Å²) in [7, 11) is 0. The lowest BCUT2D eigenvalue weighted by molar-refractivity contribution is 0.0888. The highest BCUT2D eigenvalue weighted by Crippen LogP contribution is 2.28. The number of thiazole rings is 1. The van der Waals surface area contributed by atoms with Crippen molar-refractivity contribution in [3.63, 3.8) is 0 Å². The number of benzene rings is 1. The third-order valence-corrected chi connectivity index (χ3v) is 7.48. The summed E-state index contributed by atoms with van der Waals surface area (Å²) in [4.78, 5) is 20.5. The first kappa shape index (κ1) is 22.4. The van der Waals surface area contributed by atoms with Crippen molar-refractivity contribution >= 4 is 17.1 Å². The average Bonchev–Trinajstić information content (AvgIpc) is 3.46. The van der Waals surface area contributed by atoms with E-state index in [4.69, 9.17) is 5.26 Å². The Labute approximate surface area is 194 Å². The minimum Gasteiger partial charge on any atom is -0.317 e. The molecule has 6 heteroatoms. The fourth-order valence-corrected chi connectivity index (χ4v) is 5.52. The molecule has 2 atom stereocenters. The fraction of sp³-hybridized carbons (Fsp3) is 0.423. The summed E-state index contributed by atoms with van der Waals surface area (Å²) in [5, 5.41) is 12.3. The maximum Gasteiger partial charge on any atom is 0.178 e. The molecule has 4 rings (SSSR count). The van der Waals surface area contributed by atoms with E-state index in [2.05, 4.69) is 39.7 Å². The third kappa shape index (κ3) is 4.41. The molecule has 2 unspecified atom stereocenters. The normalized spacial score (nSPS) is 18.7. The van der Waals surface area contributed by atoms with Gasteiger partial charge in [-0.1, -0.05) is 6.92 Å². The highest BCUT2D eigenvalue weighted by molar-refractivity contribution is 7.09. The Balaban J connectivity index is 1.71. The van der Waals surface area contributed by atoms with Crippen LogP contribution in [0.3, 0.4) is 0 Å². The molecule has 3 aromatic rings. The van der Waals surface area contributed by atoms with E-state index in [-0.39, 0.29) is 5.78 Å². The Kier molecular flexibility index (Phi) is 6.59. The zero-order valence-electron chi connectivity index (χ0n) is 19.3. The molecule has 1 fully saturated rings. The van der Waals surface area contributed by atoms with Gasteiger partial charge in [-0.3, -0.25) is 9.69 Å². The molecule has 0 N–H and O–H groups in total.